The van der Waals surface area contributed by atoms with Crippen molar-refractivity contribution in [1.82, 2.24) is 19.6 Å². The van der Waals surface area contributed by atoms with Crippen LogP contribution in [0.3, 0.4) is 0 Å². The van der Waals surface area contributed by atoms with Crippen LogP contribution >= 0.6 is 0 Å². The molecular weight excluding hydrogens is 260 g/mol. The molecule has 3 heterocycles. The van der Waals surface area contributed by atoms with Crippen molar-refractivity contribution in [3.05, 3.63) is 73.3 Å². The van der Waals surface area contributed by atoms with Crippen LogP contribution in [0.15, 0.2) is 73.3 Å². The number of pyridine rings is 1. The molecule has 0 fully saturated rings. The van der Waals surface area contributed by atoms with E-state index < -0.39 is 0 Å². The van der Waals surface area contributed by atoms with Crippen molar-refractivity contribution in [2.24, 2.45) is 0 Å². The fourth-order valence-electron chi connectivity index (χ4n) is 2.40. The quantitative estimate of drug-likeness (QED) is 0.561. The molecule has 0 radical (unpaired) electrons. The highest BCUT2D eigenvalue weighted by atomic mass is 15.2. The third-order valence-electron chi connectivity index (χ3n) is 3.42. The average molecular weight is 272 g/mol. The average Bonchev–Trinajstić information content (AvgIpc) is 3.00. The largest absolute Gasteiger partial charge is 0.256 e. The second-order valence-electron chi connectivity index (χ2n) is 4.74. The van der Waals surface area contributed by atoms with E-state index in [2.05, 4.69) is 33.3 Å². The van der Waals surface area contributed by atoms with Crippen LogP contribution in [0.25, 0.3) is 28.0 Å². The van der Waals surface area contributed by atoms with Crippen molar-refractivity contribution in [3.63, 3.8) is 0 Å². The standard InChI is InChI=1S/C17H12N4/c1-2-5-13(6-3-1)16-11-14(7-9-18-16)15-12-20-21-10-4-8-19-17(15)21/h1-12H. The van der Waals surface area contributed by atoms with Gasteiger partial charge in [0, 0.05) is 29.7 Å². The zero-order valence-electron chi connectivity index (χ0n) is 11.2. The third-order valence-corrected chi connectivity index (χ3v) is 3.42. The van der Waals surface area contributed by atoms with Gasteiger partial charge in [0.1, 0.15) is 0 Å². The highest BCUT2D eigenvalue weighted by molar-refractivity contribution is 5.79. The molecule has 0 saturated carbocycles. The van der Waals surface area contributed by atoms with Crippen LogP contribution in [0.4, 0.5) is 0 Å². The number of nitrogens with zero attached hydrogens (tertiary/aromatic N) is 4. The molecule has 1 aromatic carbocycles. The minimum atomic E-state index is 0.850. The van der Waals surface area contributed by atoms with Gasteiger partial charge >= 0.3 is 0 Å². The van der Waals surface area contributed by atoms with Gasteiger partial charge in [-0.15, -0.1) is 0 Å². The fourth-order valence-corrected chi connectivity index (χ4v) is 2.40. The van der Waals surface area contributed by atoms with Gasteiger partial charge in [0.2, 0.25) is 0 Å². The lowest BCUT2D eigenvalue weighted by atomic mass is 10.1. The van der Waals surface area contributed by atoms with E-state index in [0.29, 0.717) is 0 Å². The molecule has 100 valence electrons. The van der Waals surface area contributed by atoms with Gasteiger partial charge in [0.25, 0.3) is 0 Å². The van der Waals surface area contributed by atoms with Gasteiger partial charge in [-0.1, -0.05) is 30.3 Å². The molecule has 0 unspecified atom stereocenters. The summed E-state index contributed by atoms with van der Waals surface area (Å²) >= 11 is 0. The number of benzene rings is 1. The molecule has 0 spiro atoms. The molecule has 0 atom stereocenters. The summed E-state index contributed by atoms with van der Waals surface area (Å²) in [5, 5.41) is 4.33. The van der Waals surface area contributed by atoms with Crippen LogP contribution in [-0.4, -0.2) is 19.6 Å². The molecule has 0 aliphatic heterocycles. The summed E-state index contributed by atoms with van der Waals surface area (Å²) in [4.78, 5) is 8.85. The van der Waals surface area contributed by atoms with E-state index in [-0.39, 0.29) is 0 Å². The third kappa shape index (κ3) is 2.07. The molecule has 0 saturated heterocycles. The van der Waals surface area contributed by atoms with E-state index in [0.717, 1.165) is 28.0 Å². The predicted octanol–water partition coefficient (Wildman–Crippen LogP) is 3.46. The van der Waals surface area contributed by atoms with E-state index in [1.165, 1.54) is 0 Å². The van der Waals surface area contributed by atoms with Crippen LogP contribution in [0.5, 0.6) is 0 Å². The second-order valence-corrected chi connectivity index (χ2v) is 4.74. The predicted molar refractivity (Wildman–Crippen MR) is 81.7 cm³/mol. The van der Waals surface area contributed by atoms with Gasteiger partial charge < -0.3 is 0 Å². The van der Waals surface area contributed by atoms with E-state index in [1.54, 1.807) is 10.7 Å². The van der Waals surface area contributed by atoms with Crippen molar-refractivity contribution >= 4 is 5.65 Å². The lowest BCUT2D eigenvalue weighted by molar-refractivity contribution is 0.939. The van der Waals surface area contributed by atoms with Crippen LogP contribution in [0.1, 0.15) is 0 Å². The SMILES string of the molecule is c1ccc(-c2cc(-c3cnn4cccnc34)ccn2)cc1. The van der Waals surface area contributed by atoms with Crippen molar-refractivity contribution < 1.29 is 0 Å². The molecule has 0 bridgehead atoms. The van der Waals surface area contributed by atoms with Gasteiger partial charge in [-0.05, 0) is 23.8 Å². The first-order chi connectivity index (χ1) is 10.4. The fraction of sp³-hybridized carbons (Fsp3) is 0. The number of hydrogen-bond donors (Lipinski definition) is 0. The first-order valence-corrected chi connectivity index (χ1v) is 6.72. The minimum Gasteiger partial charge on any atom is -0.256 e. The van der Waals surface area contributed by atoms with Crippen LogP contribution in [0.2, 0.25) is 0 Å². The van der Waals surface area contributed by atoms with Gasteiger partial charge in [0.15, 0.2) is 5.65 Å². The maximum atomic E-state index is 4.45. The lowest BCUT2D eigenvalue weighted by Crippen LogP contribution is -1.88. The first kappa shape index (κ1) is 11.8. The molecule has 4 heteroatoms. The van der Waals surface area contributed by atoms with E-state index in [9.17, 15) is 0 Å². The maximum Gasteiger partial charge on any atom is 0.162 e. The lowest BCUT2D eigenvalue weighted by Gasteiger charge is -2.03. The smallest absolute Gasteiger partial charge is 0.162 e. The summed E-state index contributed by atoms with van der Waals surface area (Å²) in [6, 6.07) is 16.1. The molecule has 0 aliphatic carbocycles. The number of aromatic nitrogens is 4. The zero-order chi connectivity index (χ0) is 14.1. The minimum absolute atomic E-state index is 0.850. The normalized spacial score (nSPS) is 10.9. The van der Waals surface area contributed by atoms with Gasteiger partial charge in [-0.3, -0.25) is 4.98 Å². The molecule has 4 nitrogen and oxygen atoms in total. The topological polar surface area (TPSA) is 43.1 Å². The van der Waals surface area contributed by atoms with Crippen molar-refractivity contribution in [2.75, 3.05) is 0 Å². The zero-order valence-corrected chi connectivity index (χ0v) is 11.2. The van der Waals surface area contributed by atoms with Crippen LogP contribution in [0, 0.1) is 0 Å². The Morgan fingerprint density at radius 2 is 1.71 bits per heavy atom. The Morgan fingerprint density at radius 1 is 0.810 bits per heavy atom. The number of rotatable bonds is 2. The Bertz CT molecular complexity index is 897. The Hall–Kier alpha value is -3.01. The Balaban J connectivity index is 1.87. The second kappa shape index (κ2) is 4.83. The Morgan fingerprint density at radius 3 is 2.62 bits per heavy atom. The van der Waals surface area contributed by atoms with Crippen molar-refractivity contribution in [2.45, 2.75) is 0 Å². The molecule has 0 aliphatic rings. The molecule has 4 rings (SSSR count). The summed E-state index contributed by atoms with van der Waals surface area (Å²) < 4.78 is 1.78. The van der Waals surface area contributed by atoms with E-state index in [1.807, 2.05) is 48.9 Å². The summed E-state index contributed by atoms with van der Waals surface area (Å²) in [5.74, 6) is 0. The number of fused-ring (bicyclic) bond motifs is 1. The highest BCUT2D eigenvalue weighted by Crippen LogP contribution is 2.26. The van der Waals surface area contributed by atoms with Crippen molar-refractivity contribution in [3.8, 4) is 22.4 Å². The Kier molecular flexibility index (Phi) is 2.71. The molecule has 4 aromatic rings. The molecule has 0 amide bonds. The molecule has 21 heavy (non-hydrogen) atoms. The van der Waals surface area contributed by atoms with Gasteiger partial charge in [-0.25, -0.2) is 9.50 Å². The number of hydrogen-bond acceptors (Lipinski definition) is 3. The summed E-state index contributed by atoms with van der Waals surface area (Å²) in [7, 11) is 0. The summed E-state index contributed by atoms with van der Waals surface area (Å²) in [6.07, 6.45) is 7.33. The monoisotopic (exact) mass is 272 g/mol. The first-order valence-electron chi connectivity index (χ1n) is 6.72. The molecule has 0 N–H and O–H groups in total. The summed E-state index contributed by atoms with van der Waals surface area (Å²) in [6.45, 7) is 0. The Labute approximate surface area is 121 Å². The van der Waals surface area contributed by atoms with Crippen LogP contribution < -0.4 is 0 Å². The maximum absolute atomic E-state index is 4.45. The highest BCUT2D eigenvalue weighted by Gasteiger charge is 2.08. The van der Waals surface area contributed by atoms with Gasteiger partial charge in [-0.2, -0.15) is 5.10 Å². The van der Waals surface area contributed by atoms with Gasteiger partial charge in [0.05, 0.1) is 11.9 Å². The van der Waals surface area contributed by atoms with Crippen LogP contribution in [-0.2, 0) is 0 Å². The van der Waals surface area contributed by atoms with Crippen molar-refractivity contribution in [1.29, 1.82) is 0 Å². The molecular formula is C17H12N4. The summed E-state index contributed by atoms with van der Waals surface area (Å²) in [5.41, 5.74) is 4.97. The molecule has 3 aromatic heterocycles. The van der Waals surface area contributed by atoms with E-state index in [4.69, 9.17) is 0 Å². The van der Waals surface area contributed by atoms with E-state index >= 15 is 0 Å².